The SMILES string of the molecule is Oc1cc2c(c(C3CNCCO3)c1)OCO2. The van der Waals surface area contributed by atoms with Crippen molar-refractivity contribution in [3.8, 4) is 17.2 Å². The molecule has 2 aliphatic heterocycles. The van der Waals surface area contributed by atoms with Gasteiger partial charge in [0.1, 0.15) is 5.75 Å². The normalized spacial score (nSPS) is 23.4. The first-order valence-corrected chi connectivity index (χ1v) is 5.29. The van der Waals surface area contributed by atoms with Gasteiger partial charge in [-0.3, -0.25) is 0 Å². The van der Waals surface area contributed by atoms with Gasteiger partial charge in [-0.15, -0.1) is 0 Å². The zero-order valence-corrected chi connectivity index (χ0v) is 8.73. The van der Waals surface area contributed by atoms with Crippen LogP contribution in [0.5, 0.6) is 17.2 Å². The molecular weight excluding hydrogens is 210 g/mol. The van der Waals surface area contributed by atoms with Crippen LogP contribution in [0.2, 0.25) is 0 Å². The van der Waals surface area contributed by atoms with Gasteiger partial charge in [-0.2, -0.15) is 0 Å². The van der Waals surface area contributed by atoms with Crippen LogP contribution >= 0.6 is 0 Å². The molecule has 2 N–H and O–H groups in total. The van der Waals surface area contributed by atoms with E-state index in [9.17, 15) is 5.11 Å². The molecule has 3 rings (SSSR count). The monoisotopic (exact) mass is 223 g/mol. The highest BCUT2D eigenvalue weighted by molar-refractivity contribution is 5.53. The van der Waals surface area contributed by atoms with Crippen LogP contribution in [0.3, 0.4) is 0 Å². The van der Waals surface area contributed by atoms with Gasteiger partial charge in [-0.1, -0.05) is 0 Å². The quantitative estimate of drug-likeness (QED) is 0.736. The third-order valence-electron chi connectivity index (χ3n) is 2.76. The minimum Gasteiger partial charge on any atom is -0.508 e. The average molecular weight is 223 g/mol. The third kappa shape index (κ3) is 1.58. The van der Waals surface area contributed by atoms with Crippen molar-refractivity contribution in [3.05, 3.63) is 17.7 Å². The van der Waals surface area contributed by atoms with E-state index in [1.165, 1.54) is 0 Å². The molecule has 0 amide bonds. The summed E-state index contributed by atoms with van der Waals surface area (Å²) < 4.78 is 16.3. The summed E-state index contributed by atoms with van der Waals surface area (Å²) in [6.07, 6.45) is -0.0868. The molecule has 5 nitrogen and oxygen atoms in total. The van der Waals surface area contributed by atoms with E-state index in [1.54, 1.807) is 12.1 Å². The lowest BCUT2D eigenvalue weighted by Gasteiger charge is -2.24. The first kappa shape index (κ1) is 9.74. The maximum Gasteiger partial charge on any atom is 0.231 e. The largest absolute Gasteiger partial charge is 0.508 e. The summed E-state index contributed by atoms with van der Waals surface area (Å²) in [5, 5.41) is 12.8. The minimum atomic E-state index is -0.0868. The number of morpholine rings is 1. The van der Waals surface area contributed by atoms with Crippen LogP contribution in [-0.2, 0) is 4.74 Å². The van der Waals surface area contributed by atoms with Crippen molar-refractivity contribution in [1.82, 2.24) is 5.32 Å². The number of phenolic OH excluding ortho intramolecular Hbond substituents is 1. The molecule has 0 aromatic heterocycles. The van der Waals surface area contributed by atoms with E-state index in [-0.39, 0.29) is 18.6 Å². The van der Waals surface area contributed by atoms with Gasteiger partial charge in [-0.25, -0.2) is 0 Å². The number of hydrogen-bond acceptors (Lipinski definition) is 5. The predicted octanol–water partition coefficient (Wildman–Crippen LogP) is 0.782. The van der Waals surface area contributed by atoms with Gasteiger partial charge in [0.05, 0.1) is 12.7 Å². The molecule has 0 saturated carbocycles. The van der Waals surface area contributed by atoms with Crippen molar-refractivity contribution < 1.29 is 19.3 Å². The van der Waals surface area contributed by atoms with Crippen LogP contribution in [0.15, 0.2) is 12.1 Å². The van der Waals surface area contributed by atoms with E-state index in [0.717, 1.165) is 18.7 Å². The van der Waals surface area contributed by atoms with Crippen molar-refractivity contribution in [2.24, 2.45) is 0 Å². The molecule has 86 valence electrons. The number of fused-ring (bicyclic) bond motifs is 1. The molecule has 1 aromatic carbocycles. The summed E-state index contributed by atoms with van der Waals surface area (Å²) in [6, 6.07) is 3.23. The molecule has 1 fully saturated rings. The lowest BCUT2D eigenvalue weighted by Crippen LogP contribution is -2.33. The van der Waals surface area contributed by atoms with E-state index < -0.39 is 0 Å². The van der Waals surface area contributed by atoms with Crippen LogP contribution in [-0.4, -0.2) is 31.6 Å². The Hall–Kier alpha value is -1.46. The Kier molecular flexibility index (Phi) is 2.34. The van der Waals surface area contributed by atoms with Crippen LogP contribution in [0.4, 0.5) is 0 Å². The first-order valence-electron chi connectivity index (χ1n) is 5.29. The first-order chi connectivity index (χ1) is 7.84. The third-order valence-corrected chi connectivity index (χ3v) is 2.76. The number of nitrogens with one attached hydrogen (secondary N) is 1. The molecular formula is C11H13NO4. The number of ether oxygens (including phenoxy) is 3. The number of benzene rings is 1. The summed E-state index contributed by atoms with van der Waals surface area (Å²) >= 11 is 0. The van der Waals surface area contributed by atoms with Gasteiger partial charge in [-0.05, 0) is 6.07 Å². The van der Waals surface area contributed by atoms with Crippen molar-refractivity contribution in [1.29, 1.82) is 0 Å². The van der Waals surface area contributed by atoms with E-state index in [2.05, 4.69) is 5.32 Å². The maximum atomic E-state index is 9.60. The zero-order chi connectivity index (χ0) is 11.0. The summed E-state index contributed by atoms with van der Waals surface area (Å²) in [7, 11) is 0. The molecule has 0 radical (unpaired) electrons. The predicted molar refractivity (Wildman–Crippen MR) is 55.8 cm³/mol. The molecule has 2 heterocycles. The summed E-state index contributed by atoms with van der Waals surface area (Å²) in [5.74, 6) is 1.45. The van der Waals surface area contributed by atoms with E-state index in [4.69, 9.17) is 14.2 Å². The topological polar surface area (TPSA) is 60.0 Å². The van der Waals surface area contributed by atoms with Crippen molar-refractivity contribution >= 4 is 0 Å². The second-order valence-corrected chi connectivity index (χ2v) is 3.83. The second-order valence-electron chi connectivity index (χ2n) is 3.83. The molecule has 1 saturated heterocycles. The standard InChI is InChI=1S/C11H13NO4/c13-7-3-8(10-5-12-1-2-14-10)11-9(4-7)15-6-16-11/h3-4,10,12-13H,1-2,5-6H2. The van der Waals surface area contributed by atoms with E-state index >= 15 is 0 Å². The minimum absolute atomic E-state index is 0.0868. The lowest BCUT2D eigenvalue weighted by molar-refractivity contribution is 0.0258. The highest BCUT2D eigenvalue weighted by Gasteiger charge is 2.26. The molecule has 5 heteroatoms. The van der Waals surface area contributed by atoms with Gasteiger partial charge in [0.25, 0.3) is 0 Å². The van der Waals surface area contributed by atoms with Gasteiger partial charge in [0, 0.05) is 24.7 Å². The average Bonchev–Trinajstić information content (AvgIpc) is 2.77. The van der Waals surface area contributed by atoms with E-state index in [0.29, 0.717) is 18.1 Å². The molecule has 1 atom stereocenters. The molecule has 1 aromatic rings. The van der Waals surface area contributed by atoms with Crippen molar-refractivity contribution in [2.75, 3.05) is 26.5 Å². The highest BCUT2D eigenvalue weighted by Crippen LogP contribution is 2.42. The fraction of sp³-hybridized carbons (Fsp3) is 0.455. The van der Waals surface area contributed by atoms with Crippen LogP contribution in [0, 0.1) is 0 Å². The fourth-order valence-corrected chi connectivity index (χ4v) is 2.03. The molecule has 2 aliphatic rings. The zero-order valence-electron chi connectivity index (χ0n) is 8.73. The van der Waals surface area contributed by atoms with Gasteiger partial charge in [0.15, 0.2) is 11.5 Å². The summed E-state index contributed by atoms with van der Waals surface area (Å²) in [5.41, 5.74) is 0.847. The van der Waals surface area contributed by atoms with Crippen LogP contribution in [0.25, 0.3) is 0 Å². The van der Waals surface area contributed by atoms with Gasteiger partial charge >= 0.3 is 0 Å². The summed E-state index contributed by atoms with van der Waals surface area (Å²) in [6.45, 7) is 2.44. The second kappa shape index (κ2) is 3.84. The number of aromatic hydroxyl groups is 1. The number of hydrogen-bond donors (Lipinski definition) is 2. The van der Waals surface area contributed by atoms with Crippen molar-refractivity contribution in [3.63, 3.8) is 0 Å². The Labute approximate surface area is 92.9 Å². The Morgan fingerprint density at radius 2 is 2.25 bits per heavy atom. The van der Waals surface area contributed by atoms with Gasteiger partial charge < -0.3 is 24.6 Å². The van der Waals surface area contributed by atoms with Crippen LogP contribution < -0.4 is 14.8 Å². The highest BCUT2D eigenvalue weighted by atomic mass is 16.7. The van der Waals surface area contributed by atoms with Gasteiger partial charge in [0.2, 0.25) is 6.79 Å². The Morgan fingerprint density at radius 3 is 3.06 bits per heavy atom. The fourth-order valence-electron chi connectivity index (χ4n) is 2.03. The number of rotatable bonds is 1. The van der Waals surface area contributed by atoms with Crippen molar-refractivity contribution in [2.45, 2.75) is 6.10 Å². The molecule has 0 aliphatic carbocycles. The van der Waals surface area contributed by atoms with E-state index in [1.807, 2.05) is 0 Å². The Balaban J connectivity index is 1.99. The Bertz CT molecular complexity index is 401. The Morgan fingerprint density at radius 1 is 1.31 bits per heavy atom. The molecule has 0 bridgehead atoms. The maximum absolute atomic E-state index is 9.60. The number of phenols is 1. The lowest BCUT2D eigenvalue weighted by atomic mass is 10.1. The van der Waals surface area contributed by atoms with Crippen LogP contribution in [0.1, 0.15) is 11.7 Å². The molecule has 16 heavy (non-hydrogen) atoms. The smallest absolute Gasteiger partial charge is 0.231 e. The molecule has 1 unspecified atom stereocenters. The summed E-state index contributed by atoms with van der Waals surface area (Å²) in [4.78, 5) is 0. The molecule has 0 spiro atoms.